The van der Waals surface area contributed by atoms with Gasteiger partial charge in [-0.15, -0.1) is 6.42 Å². The third-order valence-electron chi connectivity index (χ3n) is 7.31. The standard InChI is InChI=1S/C24H27F3N2O3/c1-4-6-7-16-10-15-11-17(32-3)8-9-18(15)20(29(16)19(30)5-2)22-12-23(13-22,14-22)28-21(31)24(25,26)27/h2,8-9,11,16,20H,4,6-7,10,12-14H2,1,3H3,(H,28,31)/t16-,20+,22?,23?/m0/s1. The smallest absolute Gasteiger partial charge is 0.471 e. The number of nitrogens with zero attached hydrogens (tertiary/aromatic N) is 1. The Morgan fingerprint density at radius 3 is 2.56 bits per heavy atom. The molecule has 1 aromatic rings. The second-order valence-corrected chi connectivity index (χ2v) is 9.45. The molecule has 0 radical (unpaired) electrons. The Labute approximate surface area is 185 Å². The van der Waals surface area contributed by atoms with Gasteiger partial charge in [-0.05, 0) is 61.3 Å². The number of carbonyl (C=O) groups is 2. The Balaban J connectivity index is 1.67. The van der Waals surface area contributed by atoms with Gasteiger partial charge in [-0.3, -0.25) is 9.59 Å². The molecule has 0 aromatic heterocycles. The minimum atomic E-state index is -4.91. The highest BCUT2D eigenvalue weighted by atomic mass is 19.4. The van der Waals surface area contributed by atoms with Crippen LogP contribution in [0.5, 0.6) is 5.75 Å². The lowest BCUT2D eigenvalue weighted by molar-refractivity contribution is -0.220. The molecule has 32 heavy (non-hydrogen) atoms. The van der Waals surface area contributed by atoms with Gasteiger partial charge >= 0.3 is 12.1 Å². The average molecular weight is 448 g/mol. The van der Waals surface area contributed by atoms with E-state index in [0.717, 1.165) is 36.1 Å². The first-order valence-electron chi connectivity index (χ1n) is 10.9. The van der Waals surface area contributed by atoms with E-state index in [1.807, 2.05) is 18.2 Å². The van der Waals surface area contributed by atoms with Crippen molar-refractivity contribution in [3.8, 4) is 18.1 Å². The van der Waals surface area contributed by atoms with Crippen molar-refractivity contribution < 1.29 is 27.5 Å². The lowest BCUT2D eigenvalue weighted by Crippen LogP contribution is -2.78. The molecule has 3 fully saturated rings. The quantitative estimate of drug-likeness (QED) is 0.672. The molecule has 3 aliphatic carbocycles. The highest BCUT2D eigenvalue weighted by molar-refractivity contribution is 5.94. The maximum absolute atomic E-state index is 12.9. The van der Waals surface area contributed by atoms with Crippen molar-refractivity contribution in [3.63, 3.8) is 0 Å². The largest absolute Gasteiger partial charge is 0.497 e. The van der Waals surface area contributed by atoms with Crippen LogP contribution < -0.4 is 10.1 Å². The van der Waals surface area contributed by atoms with Gasteiger partial charge < -0.3 is 15.0 Å². The Bertz CT molecular complexity index is 962. The van der Waals surface area contributed by atoms with Gasteiger partial charge in [0.1, 0.15) is 5.75 Å². The van der Waals surface area contributed by atoms with Crippen LogP contribution in [-0.2, 0) is 16.0 Å². The van der Waals surface area contributed by atoms with E-state index in [2.05, 4.69) is 18.2 Å². The van der Waals surface area contributed by atoms with Gasteiger partial charge in [0, 0.05) is 17.0 Å². The zero-order valence-electron chi connectivity index (χ0n) is 18.2. The summed E-state index contributed by atoms with van der Waals surface area (Å²) in [6.07, 6.45) is 5.17. The van der Waals surface area contributed by atoms with Crippen molar-refractivity contribution in [1.29, 1.82) is 0 Å². The molecule has 1 aromatic carbocycles. The molecule has 1 heterocycles. The van der Waals surface area contributed by atoms with Crippen LogP contribution in [0.4, 0.5) is 13.2 Å². The minimum absolute atomic E-state index is 0.0853. The number of methoxy groups -OCH3 is 1. The van der Waals surface area contributed by atoms with Gasteiger partial charge in [0.2, 0.25) is 0 Å². The first kappa shape index (κ1) is 22.5. The predicted octanol–water partition coefficient (Wildman–Crippen LogP) is 3.91. The molecule has 1 aliphatic heterocycles. The normalized spacial score (nSPS) is 30.3. The van der Waals surface area contributed by atoms with Gasteiger partial charge in [0.25, 0.3) is 5.91 Å². The van der Waals surface area contributed by atoms with Crippen LogP contribution in [0, 0.1) is 17.8 Å². The monoisotopic (exact) mass is 448 g/mol. The van der Waals surface area contributed by atoms with Crippen molar-refractivity contribution in [2.45, 2.75) is 75.7 Å². The van der Waals surface area contributed by atoms with E-state index in [1.54, 1.807) is 12.0 Å². The fourth-order valence-electron chi connectivity index (χ4n) is 6.13. The zero-order chi connectivity index (χ0) is 23.3. The zero-order valence-corrected chi connectivity index (χ0v) is 18.2. The van der Waals surface area contributed by atoms with Crippen LogP contribution in [0.3, 0.4) is 0 Å². The van der Waals surface area contributed by atoms with Crippen molar-refractivity contribution in [2.24, 2.45) is 5.41 Å². The number of halogens is 3. The van der Waals surface area contributed by atoms with Gasteiger partial charge in [-0.2, -0.15) is 13.2 Å². The Morgan fingerprint density at radius 1 is 1.31 bits per heavy atom. The molecule has 3 saturated carbocycles. The maximum atomic E-state index is 12.9. The molecule has 2 bridgehead atoms. The minimum Gasteiger partial charge on any atom is -0.497 e. The molecule has 0 unspecified atom stereocenters. The topological polar surface area (TPSA) is 58.6 Å². The second kappa shape index (κ2) is 7.72. The van der Waals surface area contributed by atoms with Crippen molar-refractivity contribution in [3.05, 3.63) is 29.3 Å². The molecular formula is C24H27F3N2O3. The van der Waals surface area contributed by atoms with Gasteiger partial charge in [-0.1, -0.05) is 25.8 Å². The number of carbonyl (C=O) groups excluding carboxylic acids is 2. The number of ether oxygens (including phenoxy) is 1. The summed E-state index contributed by atoms with van der Waals surface area (Å²) in [5.74, 6) is 0.691. The number of rotatable bonds is 6. The Kier molecular flexibility index (Phi) is 5.43. The molecule has 1 N–H and O–H groups in total. The highest BCUT2D eigenvalue weighted by Gasteiger charge is 2.73. The van der Waals surface area contributed by atoms with Crippen LogP contribution in [0.2, 0.25) is 0 Å². The number of hydrogen-bond acceptors (Lipinski definition) is 3. The lowest BCUT2D eigenvalue weighted by atomic mass is 9.36. The Morgan fingerprint density at radius 2 is 2.00 bits per heavy atom. The number of fused-ring (bicyclic) bond motifs is 1. The summed E-state index contributed by atoms with van der Waals surface area (Å²) < 4.78 is 43.7. The van der Waals surface area contributed by atoms with Crippen molar-refractivity contribution >= 4 is 11.8 Å². The van der Waals surface area contributed by atoms with E-state index in [0.29, 0.717) is 25.7 Å². The number of hydrogen-bond donors (Lipinski definition) is 1. The second-order valence-electron chi connectivity index (χ2n) is 9.45. The van der Waals surface area contributed by atoms with Gasteiger partial charge in [0.05, 0.1) is 13.2 Å². The third kappa shape index (κ3) is 3.52. The fourth-order valence-corrected chi connectivity index (χ4v) is 6.13. The van der Waals surface area contributed by atoms with E-state index in [9.17, 15) is 22.8 Å². The first-order chi connectivity index (χ1) is 15.1. The molecule has 0 saturated heterocycles. The summed E-state index contributed by atoms with van der Waals surface area (Å²) in [6.45, 7) is 2.08. The van der Waals surface area contributed by atoms with Crippen molar-refractivity contribution in [2.75, 3.05) is 7.11 Å². The first-order valence-corrected chi connectivity index (χ1v) is 10.9. The molecule has 2 amide bonds. The molecule has 5 rings (SSSR count). The van der Waals surface area contributed by atoms with Crippen LogP contribution in [0.25, 0.3) is 0 Å². The summed E-state index contributed by atoms with van der Waals surface area (Å²) in [6, 6.07) is 5.34. The summed E-state index contributed by atoms with van der Waals surface area (Å²) in [7, 11) is 1.60. The van der Waals surface area contributed by atoms with Gasteiger partial charge in [0.15, 0.2) is 0 Å². The van der Waals surface area contributed by atoms with Crippen LogP contribution in [0.1, 0.15) is 62.6 Å². The Hall–Kier alpha value is -2.69. The van der Waals surface area contributed by atoms with Crippen LogP contribution >= 0.6 is 0 Å². The highest BCUT2D eigenvalue weighted by Crippen LogP contribution is 2.74. The summed E-state index contributed by atoms with van der Waals surface area (Å²) >= 11 is 0. The lowest BCUT2D eigenvalue weighted by Gasteiger charge is -2.74. The number of benzene rings is 1. The van der Waals surface area contributed by atoms with Crippen LogP contribution in [0.15, 0.2) is 18.2 Å². The third-order valence-corrected chi connectivity index (χ3v) is 7.31. The fraction of sp³-hybridized carbons (Fsp3) is 0.583. The average Bonchev–Trinajstić information content (AvgIpc) is 2.70. The molecule has 0 spiro atoms. The van der Waals surface area contributed by atoms with Crippen molar-refractivity contribution in [1.82, 2.24) is 10.2 Å². The van der Waals surface area contributed by atoms with E-state index in [-0.39, 0.29) is 17.5 Å². The molecular weight excluding hydrogens is 421 g/mol. The molecule has 2 atom stereocenters. The van der Waals surface area contributed by atoms with E-state index in [1.165, 1.54) is 0 Å². The van der Waals surface area contributed by atoms with Crippen LogP contribution in [-0.4, -0.2) is 41.6 Å². The van der Waals surface area contributed by atoms with Gasteiger partial charge in [-0.25, -0.2) is 0 Å². The number of amides is 2. The molecule has 5 nitrogen and oxygen atoms in total. The summed E-state index contributed by atoms with van der Waals surface area (Å²) in [5.41, 5.74) is 0.812. The number of unbranched alkanes of at least 4 members (excludes halogenated alkanes) is 1. The molecule has 172 valence electrons. The van der Waals surface area contributed by atoms with E-state index < -0.39 is 23.5 Å². The molecule has 8 heteroatoms. The number of terminal acetylenes is 1. The number of nitrogens with one attached hydrogen (secondary N) is 1. The number of alkyl halides is 3. The maximum Gasteiger partial charge on any atom is 0.471 e. The summed E-state index contributed by atoms with van der Waals surface area (Å²) in [5, 5.41) is 2.18. The SMILES string of the molecule is C#CC(=O)N1[C@@H](CCCC)Cc2cc(OC)ccc2[C@@H]1C12CC(NC(=O)C(F)(F)F)(C1)C2. The predicted molar refractivity (Wildman–Crippen MR) is 112 cm³/mol. The molecule has 4 aliphatic rings. The van der Waals surface area contributed by atoms with E-state index >= 15 is 0 Å². The van der Waals surface area contributed by atoms with E-state index in [4.69, 9.17) is 11.2 Å². The summed E-state index contributed by atoms with van der Waals surface area (Å²) in [4.78, 5) is 26.2.